The summed E-state index contributed by atoms with van der Waals surface area (Å²) in [6.45, 7) is 0. The molecule has 0 radical (unpaired) electrons. The fourth-order valence-corrected chi connectivity index (χ4v) is 1.64. The van der Waals surface area contributed by atoms with Crippen molar-refractivity contribution in [3.8, 4) is 11.1 Å². The highest BCUT2D eigenvalue weighted by atomic mass is 35.5. The Morgan fingerprint density at radius 1 is 0.588 bits per heavy atom. The smallest absolute Gasteiger partial charge is 0.0628 e. The van der Waals surface area contributed by atoms with E-state index in [1.807, 2.05) is 24.3 Å². The molecule has 0 aromatic heterocycles. The van der Waals surface area contributed by atoms with Crippen LogP contribution in [0.15, 0.2) is 36.4 Å². The summed E-state index contributed by atoms with van der Waals surface area (Å²) in [6, 6.07) is 10.9. The van der Waals surface area contributed by atoms with E-state index < -0.39 is 0 Å². The Kier molecular flexibility index (Phi) is 3.70. The van der Waals surface area contributed by atoms with E-state index >= 15 is 0 Å². The molecule has 90 valence electrons. The van der Waals surface area contributed by atoms with Crippen LogP contribution in [0.2, 0.25) is 0 Å². The molecule has 0 amide bonds. The lowest BCUT2D eigenvalue weighted by Crippen LogP contribution is -2.00. The first-order valence-electron chi connectivity index (χ1n) is 4.89. The number of benzene rings is 2. The van der Waals surface area contributed by atoms with Gasteiger partial charge in [-0.1, -0.05) is 24.3 Å². The summed E-state index contributed by atoms with van der Waals surface area (Å²) in [5.41, 5.74) is 27.1. The van der Waals surface area contributed by atoms with E-state index in [-0.39, 0.29) is 12.4 Å². The lowest BCUT2D eigenvalue weighted by Gasteiger charge is -2.11. The minimum absolute atomic E-state index is 0. The maximum absolute atomic E-state index is 5.91. The normalized spacial score (nSPS) is 9.65. The van der Waals surface area contributed by atoms with Crippen LogP contribution < -0.4 is 22.9 Å². The molecule has 0 aliphatic heterocycles. The predicted octanol–water partition coefficient (Wildman–Crippen LogP) is 2.10. The van der Waals surface area contributed by atoms with Crippen LogP contribution >= 0.6 is 12.4 Å². The van der Waals surface area contributed by atoms with Gasteiger partial charge in [-0.25, -0.2) is 0 Å². The zero-order valence-electron chi connectivity index (χ0n) is 9.18. The molecule has 2 rings (SSSR count). The van der Waals surface area contributed by atoms with Crippen LogP contribution in [0.5, 0.6) is 0 Å². The summed E-state index contributed by atoms with van der Waals surface area (Å²) >= 11 is 0. The molecule has 0 spiro atoms. The lowest BCUT2D eigenvalue weighted by atomic mass is 10.0. The number of nitrogens with two attached hydrogens (primary N) is 4. The highest BCUT2D eigenvalue weighted by molar-refractivity contribution is 5.92. The molecule has 0 unspecified atom stereocenters. The first-order chi connectivity index (χ1) is 7.61. The highest BCUT2D eigenvalue weighted by Crippen LogP contribution is 2.35. The molecule has 0 aliphatic carbocycles. The molecular weight excluding hydrogens is 236 g/mol. The molecule has 8 N–H and O–H groups in total. The number of para-hydroxylation sites is 2. The summed E-state index contributed by atoms with van der Waals surface area (Å²) < 4.78 is 0. The van der Waals surface area contributed by atoms with Crippen LogP contribution in [0.1, 0.15) is 0 Å². The van der Waals surface area contributed by atoms with E-state index in [1.54, 1.807) is 12.1 Å². The quantitative estimate of drug-likeness (QED) is 0.582. The lowest BCUT2D eigenvalue weighted by molar-refractivity contribution is 1.59. The zero-order chi connectivity index (χ0) is 11.7. The maximum atomic E-state index is 5.91. The second-order valence-electron chi connectivity index (χ2n) is 3.62. The summed E-state index contributed by atoms with van der Waals surface area (Å²) in [5.74, 6) is 0. The highest BCUT2D eigenvalue weighted by Gasteiger charge is 2.09. The van der Waals surface area contributed by atoms with Gasteiger partial charge in [-0.3, -0.25) is 0 Å². The average Bonchev–Trinajstić information content (AvgIpc) is 2.27. The van der Waals surface area contributed by atoms with E-state index in [0.717, 1.165) is 11.1 Å². The second-order valence-corrected chi connectivity index (χ2v) is 3.62. The van der Waals surface area contributed by atoms with Crippen molar-refractivity contribution in [1.29, 1.82) is 0 Å². The predicted molar refractivity (Wildman–Crippen MR) is 76.8 cm³/mol. The van der Waals surface area contributed by atoms with E-state index in [1.165, 1.54) is 0 Å². The third-order valence-electron chi connectivity index (χ3n) is 2.57. The molecule has 0 atom stereocenters. The van der Waals surface area contributed by atoms with Gasteiger partial charge in [0.15, 0.2) is 0 Å². The Hall–Kier alpha value is -2.07. The number of hydrogen-bond acceptors (Lipinski definition) is 4. The molecular formula is C12H15ClN4. The topological polar surface area (TPSA) is 104 Å². The van der Waals surface area contributed by atoms with Crippen molar-refractivity contribution in [3.05, 3.63) is 36.4 Å². The van der Waals surface area contributed by atoms with Gasteiger partial charge in [-0.15, -0.1) is 12.4 Å². The van der Waals surface area contributed by atoms with Gasteiger partial charge in [0.05, 0.1) is 22.7 Å². The van der Waals surface area contributed by atoms with Crippen molar-refractivity contribution >= 4 is 35.2 Å². The Labute approximate surface area is 106 Å². The van der Waals surface area contributed by atoms with Gasteiger partial charge in [-0.05, 0) is 12.1 Å². The van der Waals surface area contributed by atoms with Crippen molar-refractivity contribution in [2.75, 3.05) is 22.9 Å². The number of nitrogen functional groups attached to an aromatic ring is 4. The van der Waals surface area contributed by atoms with E-state index in [2.05, 4.69) is 0 Å². The minimum atomic E-state index is 0. The molecule has 0 aliphatic rings. The Morgan fingerprint density at radius 3 is 1.29 bits per heavy atom. The minimum Gasteiger partial charge on any atom is -0.397 e. The maximum Gasteiger partial charge on any atom is 0.0628 e. The van der Waals surface area contributed by atoms with E-state index in [9.17, 15) is 0 Å². The first kappa shape index (κ1) is 13.0. The van der Waals surface area contributed by atoms with Gasteiger partial charge in [0.2, 0.25) is 0 Å². The molecule has 17 heavy (non-hydrogen) atoms. The van der Waals surface area contributed by atoms with Gasteiger partial charge < -0.3 is 22.9 Å². The van der Waals surface area contributed by atoms with Crippen LogP contribution in [-0.4, -0.2) is 0 Å². The van der Waals surface area contributed by atoms with Crippen molar-refractivity contribution in [2.45, 2.75) is 0 Å². The van der Waals surface area contributed by atoms with Crippen LogP contribution in [0, 0.1) is 0 Å². The third kappa shape index (κ3) is 2.21. The molecule has 0 saturated heterocycles. The molecule has 0 heterocycles. The second kappa shape index (κ2) is 4.84. The SMILES string of the molecule is Cl.Nc1cccc(-c2cccc(N)c2N)c1N. The molecule has 2 aromatic rings. The van der Waals surface area contributed by atoms with Gasteiger partial charge >= 0.3 is 0 Å². The fraction of sp³-hybridized carbons (Fsp3) is 0. The van der Waals surface area contributed by atoms with Gasteiger partial charge in [0, 0.05) is 11.1 Å². The molecule has 0 fully saturated rings. The molecule has 0 saturated carbocycles. The summed E-state index contributed by atoms with van der Waals surface area (Å²) in [4.78, 5) is 0. The van der Waals surface area contributed by atoms with Crippen molar-refractivity contribution in [1.82, 2.24) is 0 Å². The summed E-state index contributed by atoms with van der Waals surface area (Å²) in [7, 11) is 0. The van der Waals surface area contributed by atoms with Gasteiger partial charge in [0.25, 0.3) is 0 Å². The van der Waals surface area contributed by atoms with Crippen molar-refractivity contribution < 1.29 is 0 Å². The summed E-state index contributed by atoms with van der Waals surface area (Å²) in [6.07, 6.45) is 0. The number of rotatable bonds is 1. The van der Waals surface area contributed by atoms with Crippen LogP contribution in [-0.2, 0) is 0 Å². The number of hydrogen-bond donors (Lipinski definition) is 4. The number of halogens is 1. The van der Waals surface area contributed by atoms with Gasteiger partial charge in [-0.2, -0.15) is 0 Å². The van der Waals surface area contributed by atoms with Crippen LogP contribution in [0.4, 0.5) is 22.7 Å². The molecule has 0 bridgehead atoms. The fourth-order valence-electron chi connectivity index (χ4n) is 1.64. The first-order valence-corrected chi connectivity index (χ1v) is 4.89. The Balaban J connectivity index is 0.00000144. The van der Waals surface area contributed by atoms with Crippen molar-refractivity contribution in [3.63, 3.8) is 0 Å². The molecule has 5 heteroatoms. The standard InChI is InChI=1S/C12H14N4.ClH/c13-9-5-1-3-7(11(9)15)8-4-2-6-10(14)12(8)16;/h1-6H,13-16H2;1H. The largest absolute Gasteiger partial charge is 0.397 e. The molecule has 2 aromatic carbocycles. The van der Waals surface area contributed by atoms with Crippen LogP contribution in [0.25, 0.3) is 11.1 Å². The zero-order valence-corrected chi connectivity index (χ0v) is 10.00. The van der Waals surface area contributed by atoms with Crippen molar-refractivity contribution in [2.24, 2.45) is 0 Å². The Bertz CT molecular complexity index is 491. The monoisotopic (exact) mass is 250 g/mol. The summed E-state index contributed by atoms with van der Waals surface area (Å²) in [5, 5.41) is 0. The van der Waals surface area contributed by atoms with Gasteiger partial charge in [0.1, 0.15) is 0 Å². The van der Waals surface area contributed by atoms with E-state index in [4.69, 9.17) is 22.9 Å². The Morgan fingerprint density at radius 2 is 0.941 bits per heavy atom. The average molecular weight is 251 g/mol. The molecule has 4 nitrogen and oxygen atoms in total. The van der Waals surface area contributed by atoms with Crippen LogP contribution in [0.3, 0.4) is 0 Å². The number of anilines is 4. The third-order valence-corrected chi connectivity index (χ3v) is 2.57. The van der Waals surface area contributed by atoms with E-state index in [0.29, 0.717) is 22.7 Å².